The zero-order chi connectivity index (χ0) is 6.97. The van der Waals surface area contributed by atoms with Crippen LogP contribution in [0.25, 0.3) is 0 Å². The summed E-state index contributed by atoms with van der Waals surface area (Å²) in [7, 11) is 0. The Morgan fingerprint density at radius 1 is 1.20 bits per heavy atom. The fourth-order valence-electron chi connectivity index (χ4n) is 1.31. The molecule has 0 unspecified atom stereocenters. The molecule has 2 fully saturated rings. The molecule has 0 amide bonds. The van der Waals surface area contributed by atoms with Gasteiger partial charge in [0.1, 0.15) is 25.1 Å². The van der Waals surface area contributed by atoms with Crippen LogP contribution in [0, 0.1) is 0 Å². The molecule has 0 aliphatic carbocycles. The summed E-state index contributed by atoms with van der Waals surface area (Å²) >= 11 is 0. The molecule has 0 aromatic carbocycles. The van der Waals surface area contributed by atoms with E-state index in [1.807, 2.05) is 0 Å². The summed E-state index contributed by atoms with van der Waals surface area (Å²) in [6.07, 6.45) is -0.675. The van der Waals surface area contributed by atoms with E-state index in [0.717, 1.165) is 0 Å². The third-order valence-electron chi connectivity index (χ3n) is 1.85. The number of rotatable bonds is 0. The topological polar surface area (TPSA) is 47.9 Å². The highest BCUT2D eigenvalue weighted by molar-refractivity contribution is 4.85. The number of ether oxygens (including phenoxy) is 3. The van der Waals surface area contributed by atoms with Gasteiger partial charge in [-0.2, -0.15) is 0 Å². The lowest BCUT2D eigenvalue weighted by Crippen LogP contribution is -2.40. The number of aliphatic hydroxyl groups excluding tert-OH is 1. The summed E-state index contributed by atoms with van der Waals surface area (Å²) < 4.78 is 15.3. The Balaban J connectivity index is 2.01. The van der Waals surface area contributed by atoms with Gasteiger partial charge in [-0.1, -0.05) is 0 Å². The van der Waals surface area contributed by atoms with Crippen molar-refractivity contribution in [1.29, 1.82) is 0 Å². The van der Waals surface area contributed by atoms with Crippen molar-refractivity contribution < 1.29 is 19.3 Å². The van der Waals surface area contributed by atoms with Gasteiger partial charge in [-0.25, -0.2) is 0 Å². The van der Waals surface area contributed by atoms with Crippen LogP contribution >= 0.6 is 0 Å². The van der Waals surface area contributed by atoms with Gasteiger partial charge in [0.05, 0.1) is 13.2 Å². The highest BCUT2D eigenvalue weighted by atomic mass is 16.7. The van der Waals surface area contributed by atoms with Crippen molar-refractivity contribution in [3.8, 4) is 0 Å². The molecule has 3 atom stereocenters. The Bertz CT molecular complexity index is 125. The van der Waals surface area contributed by atoms with Crippen molar-refractivity contribution in [2.75, 3.05) is 20.0 Å². The normalized spacial score (nSPS) is 47.1. The van der Waals surface area contributed by atoms with Crippen molar-refractivity contribution in [1.82, 2.24) is 0 Å². The maximum atomic E-state index is 9.22. The molecular formula is C6H10O4. The molecule has 10 heavy (non-hydrogen) atoms. The zero-order valence-corrected chi connectivity index (χ0v) is 5.53. The van der Waals surface area contributed by atoms with Gasteiger partial charge in [-0.3, -0.25) is 0 Å². The highest BCUT2D eigenvalue weighted by Crippen LogP contribution is 2.21. The van der Waals surface area contributed by atoms with E-state index in [0.29, 0.717) is 13.2 Å². The summed E-state index contributed by atoms with van der Waals surface area (Å²) in [5, 5.41) is 9.22. The van der Waals surface area contributed by atoms with Gasteiger partial charge in [-0.15, -0.1) is 0 Å². The lowest BCUT2D eigenvalue weighted by Gasteiger charge is -2.25. The molecule has 0 spiro atoms. The molecule has 2 heterocycles. The minimum atomic E-state index is -0.464. The first kappa shape index (κ1) is 6.54. The van der Waals surface area contributed by atoms with Crippen LogP contribution in [-0.2, 0) is 14.2 Å². The molecule has 0 bridgehead atoms. The van der Waals surface area contributed by atoms with Crippen molar-refractivity contribution in [3.63, 3.8) is 0 Å². The molecule has 4 heteroatoms. The van der Waals surface area contributed by atoms with E-state index in [1.54, 1.807) is 0 Å². The minimum absolute atomic E-state index is 0.0521. The molecule has 0 aromatic rings. The first-order chi connectivity index (χ1) is 4.88. The van der Waals surface area contributed by atoms with Crippen molar-refractivity contribution in [2.45, 2.75) is 18.3 Å². The fourth-order valence-corrected chi connectivity index (χ4v) is 1.31. The van der Waals surface area contributed by atoms with Gasteiger partial charge in [0.2, 0.25) is 0 Å². The molecule has 1 N–H and O–H groups in total. The molecule has 0 saturated carbocycles. The Morgan fingerprint density at radius 3 is 2.90 bits per heavy atom. The van der Waals surface area contributed by atoms with Crippen LogP contribution in [0.2, 0.25) is 0 Å². The van der Waals surface area contributed by atoms with Crippen molar-refractivity contribution in [3.05, 3.63) is 0 Å². The van der Waals surface area contributed by atoms with Crippen LogP contribution in [0.3, 0.4) is 0 Å². The van der Waals surface area contributed by atoms with Crippen molar-refractivity contribution >= 4 is 0 Å². The van der Waals surface area contributed by atoms with Gasteiger partial charge < -0.3 is 19.3 Å². The molecule has 0 radical (unpaired) electrons. The van der Waals surface area contributed by atoms with Gasteiger partial charge in [0.25, 0.3) is 0 Å². The van der Waals surface area contributed by atoms with E-state index >= 15 is 0 Å². The van der Waals surface area contributed by atoms with Crippen LogP contribution in [-0.4, -0.2) is 43.4 Å². The molecule has 2 rings (SSSR count). The summed E-state index contributed by atoms with van der Waals surface area (Å²) in [4.78, 5) is 0. The third-order valence-corrected chi connectivity index (χ3v) is 1.85. The standard InChI is InChI=1S/C6H10O4/c7-4-1-9-5-2-8-3-10-6(4)5/h4-7H,1-3H2/t4-,5+,6+/m0/s1. The van der Waals surface area contributed by atoms with E-state index in [2.05, 4.69) is 0 Å². The summed E-state index contributed by atoms with van der Waals surface area (Å²) in [5.41, 5.74) is 0. The zero-order valence-electron chi connectivity index (χ0n) is 5.53. The van der Waals surface area contributed by atoms with Gasteiger partial charge >= 0.3 is 0 Å². The maximum absolute atomic E-state index is 9.22. The number of hydrogen-bond acceptors (Lipinski definition) is 4. The van der Waals surface area contributed by atoms with Gasteiger partial charge in [0, 0.05) is 0 Å². The monoisotopic (exact) mass is 146 g/mol. The predicted molar refractivity (Wildman–Crippen MR) is 31.4 cm³/mol. The second-order valence-corrected chi connectivity index (χ2v) is 2.56. The summed E-state index contributed by atoms with van der Waals surface area (Å²) in [6, 6.07) is 0. The maximum Gasteiger partial charge on any atom is 0.147 e. The first-order valence-electron chi connectivity index (χ1n) is 3.37. The molecule has 2 aliphatic rings. The van der Waals surface area contributed by atoms with Crippen LogP contribution < -0.4 is 0 Å². The minimum Gasteiger partial charge on any atom is -0.388 e. The van der Waals surface area contributed by atoms with Crippen LogP contribution in [0.15, 0.2) is 0 Å². The molecule has 58 valence electrons. The lowest BCUT2D eigenvalue weighted by molar-refractivity contribution is -0.187. The molecule has 2 saturated heterocycles. The number of hydrogen-bond donors (Lipinski definition) is 1. The second kappa shape index (κ2) is 2.47. The van der Waals surface area contributed by atoms with Crippen LogP contribution in [0.5, 0.6) is 0 Å². The van der Waals surface area contributed by atoms with E-state index in [1.165, 1.54) is 0 Å². The third kappa shape index (κ3) is 0.932. The fraction of sp³-hybridized carbons (Fsp3) is 1.00. The Labute approximate surface area is 58.7 Å². The smallest absolute Gasteiger partial charge is 0.147 e. The Morgan fingerprint density at radius 2 is 2.10 bits per heavy atom. The van der Waals surface area contributed by atoms with Gasteiger partial charge in [-0.05, 0) is 0 Å². The first-order valence-corrected chi connectivity index (χ1v) is 3.37. The molecular weight excluding hydrogens is 136 g/mol. The average Bonchev–Trinajstić information content (AvgIpc) is 2.34. The van der Waals surface area contributed by atoms with E-state index in [9.17, 15) is 5.11 Å². The Kier molecular flexibility index (Phi) is 1.61. The second-order valence-electron chi connectivity index (χ2n) is 2.56. The van der Waals surface area contributed by atoms with Crippen LogP contribution in [0.1, 0.15) is 0 Å². The van der Waals surface area contributed by atoms with Crippen LogP contribution in [0.4, 0.5) is 0 Å². The quantitative estimate of drug-likeness (QED) is 0.482. The van der Waals surface area contributed by atoms with Gasteiger partial charge in [0.15, 0.2) is 0 Å². The molecule has 4 nitrogen and oxygen atoms in total. The number of fused-ring (bicyclic) bond motifs is 1. The molecule has 2 aliphatic heterocycles. The lowest BCUT2D eigenvalue weighted by atomic mass is 10.1. The van der Waals surface area contributed by atoms with E-state index in [4.69, 9.17) is 14.2 Å². The average molecular weight is 146 g/mol. The predicted octanol–water partition coefficient (Wildman–Crippen LogP) is -0.881. The van der Waals surface area contributed by atoms with Crippen molar-refractivity contribution in [2.24, 2.45) is 0 Å². The largest absolute Gasteiger partial charge is 0.388 e. The van der Waals surface area contributed by atoms with E-state index in [-0.39, 0.29) is 19.0 Å². The number of aliphatic hydroxyl groups is 1. The summed E-state index contributed by atoms with van der Waals surface area (Å²) in [5.74, 6) is 0. The SMILES string of the molecule is O[C@H]1CO[C@@H]2COCO[C@H]12. The highest BCUT2D eigenvalue weighted by Gasteiger charge is 2.39. The molecule has 0 aromatic heterocycles. The van der Waals surface area contributed by atoms with E-state index < -0.39 is 6.10 Å². The Hall–Kier alpha value is -0.160. The summed E-state index contributed by atoms with van der Waals surface area (Å²) in [6.45, 7) is 1.20.